The van der Waals surface area contributed by atoms with Crippen LogP contribution in [0.3, 0.4) is 0 Å². The van der Waals surface area contributed by atoms with Crippen LogP contribution in [0.4, 0.5) is 15.9 Å². The minimum absolute atomic E-state index is 0.0791. The van der Waals surface area contributed by atoms with Crippen molar-refractivity contribution in [2.24, 2.45) is 5.73 Å². The van der Waals surface area contributed by atoms with Crippen molar-refractivity contribution < 1.29 is 4.39 Å². The van der Waals surface area contributed by atoms with E-state index in [1.54, 1.807) is 12.1 Å². The van der Waals surface area contributed by atoms with Crippen LogP contribution in [0.1, 0.15) is 11.3 Å². The summed E-state index contributed by atoms with van der Waals surface area (Å²) in [5.74, 6) is -0.193. The summed E-state index contributed by atoms with van der Waals surface area (Å²) in [5.41, 5.74) is 7.51. The van der Waals surface area contributed by atoms with E-state index in [9.17, 15) is 4.39 Å². The summed E-state index contributed by atoms with van der Waals surface area (Å²) in [6.45, 7) is 1.83. The fourth-order valence-corrected chi connectivity index (χ4v) is 2.27. The third-order valence-corrected chi connectivity index (χ3v) is 3.32. The van der Waals surface area contributed by atoms with Gasteiger partial charge in [-0.3, -0.25) is 0 Å². The number of pyridine rings is 1. The Bertz CT molecular complexity index is 668. The first-order valence-electron chi connectivity index (χ1n) is 5.57. The number of aromatic nitrogens is 1. The SMILES string of the molecule is Cc1ccc(C(N)=S)c(Nc2cc(Cl)c(F)c(Cl)c2)n1. The molecule has 1 aromatic carbocycles. The van der Waals surface area contributed by atoms with E-state index in [0.29, 0.717) is 17.1 Å². The molecule has 0 amide bonds. The van der Waals surface area contributed by atoms with E-state index in [0.717, 1.165) is 5.69 Å². The van der Waals surface area contributed by atoms with E-state index in [4.69, 9.17) is 41.2 Å². The smallest absolute Gasteiger partial charge is 0.160 e. The van der Waals surface area contributed by atoms with Crippen LogP contribution < -0.4 is 11.1 Å². The molecule has 1 aromatic heterocycles. The maximum Gasteiger partial charge on any atom is 0.160 e. The first-order valence-corrected chi connectivity index (χ1v) is 6.74. The van der Waals surface area contributed by atoms with Crippen molar-refractivity contribution in [2.75, 3.05) is 5.32 Å². The molecule has 0 bridgehead atoms. The molecule has 0 aliphatic carbocycles. The van der Waals surface area contributed by atoms with Gasteiger partial charge in [-0.25, -0.2) is 9.37 Å². The summed E-state index contributed by atoms with van der Waals surface area (Å²) in [7, 11) is 0. The monoisotopic (exact) mass is 329 g/mol. The van der Waals surface area contributed by atoms with Gasteiger partial charge in [-0.1, -0.05) is 35.4 Å². The molecule has 0 spiro atoms. The average Bonchev–Trinajstić information content (AvgIpc) is 2.35. The van der Waals surface area contributed by atoms with Gasteiger partial charge in [0, 0.05) is 11.4 Å². The van der Waals surface area contributed by atoms with E-state index in [2.05, 4.69) is 10.3 Å². The van der Waals surface area contributed by atoms with Gasteiger partial charge in [0.05, 0.1) is 15.6 Å². The molecule has 0 unspecified atom stereocenters. The van der Waals surface area contributed by atoms with Crippen LogP contribution >= 0.6 is 35.4 Å². The standard InChI is InChI=1S/C13H10Cl2FN3S/c1-6-2-3-8(12(17)20)13(18-6)19-7-4-9(14)11(16)10(15)5-7/h2-5H,1H3,(H2,17,20)(H,18,19). The molecule has 0 fully saturated rings. The molecule has 20 heavy (non-hydrogen) atoms. The highest BCUT2D eigenvalue weighted by Gasteiger charge is 2.11. The Morgan fingerprint density at radius 3 is 2.45 bits per heavy atom. The molecule has 0 aliphatic heterocycles. The lowest BCUT2D eigenvalue weighted by atomic mass is 10.2. The predicted octanol–water partition coefficient (Wildman–Crippen LogP) is 4.21. The van der Waals surface area contributed by atoms with Crippen LogP contribution in [0.5, 0.6) is 0 Å². The number of rotatable bonds is 3. The number of nitrogens with zero attached hydrogens (tertiary/aromatic N) is 1. The summed E-state index contributed by atoms with van der Waals surface area (Å²) >= 11 is 16.5. The van der Waals surface area contributed by atoms with Crippen LogP contribution in [-0.4, -0.2) is 9.97 Å². The topological polar surface area (TPSA) is 50.9 Å². The lowest BCUT2D eigenvalue weighted by Gasteiger charge is -2.12. The van der Waals surface area contributed by atoms with Crippen molar-refractivity contribution >= 4 is 51.9 Å². The fraction of sp³-hybridized carbons (Fsp3) is 0.0769. The fourth-order valence-electron chi connectivity index (χ4n) is 1.62. The quantitative estimate of drug-likeness (QED) is 0.654. The third kappa shape index (κ3) is 3.17. The van der Waals surface area contributed by atoms with Crippen molar-refractivity contribution in [3.63, 3.8) is 0 Å². The Balaban J connectivity index is 2.44. The highest BCUT2D eigenvalue weighted by atomic mass is 35.5. The minimum atomic E-state index is -0.661. The van der Waals surface area contributed by atoms with Gasteiger partial charge in [0.1, 0.15) is 10.8 Å². The molecule has 3 nitrogen and oxygen atoms in total. The molecule has 0 radical (unpaired) electrons. The number of nitrogens with two attached hydrogens (primary N) is 1. The van der Waals surface area contributed by atoms with Crippen LogP contribution in [0, 0.1) is 12.7 Å². The summed E-state index contributed by atoms with van der Waals surface area (Å²) in [6, 6.07) is 6.39. The number of hydrogen-bond donors (Lipinski definition) is 2. The predicted molar refractivity (Wildman–Crippen MR) is 84.6 cm³/mol. The Hall–Kier alpha value is -1.43. The number of nitrogens with one attached hydrogen (secondary N) is 1. The van der Waals surface area contributed by atoms with E-state index < -0.39 is 5.82 Å². The maximum atomic E-state index is 13.4. The van der Waals surface area contributed by atoms with Crippen molar-refractivity contribution in [3.05, 3.63) is 51.4 Å². The second-order valence-electron chi connectivity index (χ2n) is 4.09. The first kappa shape index (κ1) is 15.0. The van der Waals surface area contributed by atoms with Crippen LogP contribution in [0.2, 0.25) is 10.0 Å². The Morgan fingerprint density at radius 2 is 1.90 bits per heavy atom. The highest BCUT2D eigenvalue weighted by molar-refractivity contribution is 7.80. The zero-order chi connectivity index (χ0) is 14.9. The van der Waals surface area contributed by atoms with Crippen molar-refractivity contribution in [1.29, 1.82) is 0 Å². The van der Waals surface area contributed by atoms with Gasteiger partial charge in [0.15, 0.2) is 5.82 Å². The largest absolute Gasteiger partial charge is 0.389 e. The molecule has 104 valence electrons. The Labute approximate surface area is 130 Å². The van der Waals surface area contributed by atoms with Gasteiger partial charge in [-0.2, -0.15) is 0 Å². The number of thiocarbonyl (C=S) groups is 1. The Kier molecular flexibility index (Phi) is 4.42. The second-order valence-corrected chi connectivity index (χ2v) is 5.35. The molecule has 2 rings (SSSR count). The number of halogens is 3. The first-order chi connectivity index (χ1) is 9.38. The van der Waals surface area contributed by atoms with Crippen LogP contribution in [-0.2, 0) is 0 Å². The molecule has 0 saturated carbocycles. The normalized spacial score (nSPS) is 10.4. The van der Waals surface area contributed by atoms with Gasteiger partial charge < -0.3 is 11.1 Å². The Morgan fingerprint density at radius 1 is 1.30 bits per heavy atom. The van der Waals surface area contributed by atoms with Gasteiger partial charge in [-0.05, 0) is 31.2 Å². The van der Waals surface area contributed by atoms with Crippen molar-refractivity contribution in [3.8, 4) is 0 Å². The average molecular weight is 330 g/mol. The zero-order valence-electron chi connectivity index (χ0n) is 10.4. The molecule has 1 heterocycles. The second kappa shape index (κ2) is 5.91. The molecule has 0 atom stereocenters. The minimum Gasteiger partial charge on any atom is -0.389 e. The van der Waals surface area contributed by atoms with E-state index in [-0.39, 0.29) is 15.0 Å². The molecule has 7 heteroatoms. The maximum absolute atomic E-state index is 13.4. The van der Waals surface area contributed by atoms with Crippen molar-refractivity contribution in [1.82, 2.24) is 4.98 Å². The summed E-state index contributed by atoms with van der Waals surface area (Å²) in [6.07, 6.45) is 0. The lowest BCUT2D eigenvalue weighted by Crippen LogP contribution is -2.13. The summed E-state index contributed by atoms with van der Waals surface area (Å²) in [5, 5.41) is 2.83. The zero-order valence-corrected chi connectivity index (χ0v) is 12.7. The number of benzene rings is 1. The van der Waals surface area contributed by atoms with Gasteiger partial charge in [-0.15, -0.1) is 0 Å². The molecule has 0 aliphatic rings. The van der Waals surface area contributed by atoms with E-state index in [1.807, 2.05) is 6.92 Å². The van der Waals surface area contributed by atoms with E-state index in [1.165, 1.54) is 12.1 Å². The molecule has 0 saturated heterocycles. The van der Waals surface area contributed by atoms with E-state index >= 15 is 0 Å². The molecule has 3 N–H and O–H groups in total. The van der Waals surface area contributed by atoms with Gasteiger partial charge in [0.2, 0.25) is 0 Å². The highest BCUT2D eigenvalue weighted by Crippen LogP contribution is 2.29. The molecule has 2 aromatic rings. The van der Waals surface area contributed by atoms with Crippen molar-refractivity contribution in [2.45, 2.75) is 6.92 Å². The number of anilines is 2. The third-order valence-electron chi connectivity index (χ3n) is 2.55. The van der Waals surface area contributed by atoms with Gasteiger partial charge in [0.25, 0.3) is 0 Å². The van der Waals surface area contributed by atoms with Gasteiger partial charge >= 0.3 is 0 Å². The lowest BCUT2D eigenvalue weighted by molar-refractivity contribution is 0.629. The van der Waals surface area contributed by atoms with Crippen LogP contribution in [0.25, 0.3) is 0 Å². The number of hydrogen-bond acceptors (Lipinski definition) is 3. The molecular weight excluding hydrogens is 320 g/mol. The summed E-state index contributed by atoms with van der Waals surface area (Å²) < 4.78 is 13.4. The van der Waals surface area contributed by atoms with Crippen LogP contribution in [0.15, 0.2) is 24.3 Å². The summed E-state index contributed by atoms with van der Waals surface area (Å²) in [4.78, 5) is 4.52. The molecular formula is C13H10Cl2FN3S. The number of aryl methyl sites for hydroxylation is 1.